The Morgan fingerprint density at radius 1 is 1.38 bits per heavy atom. The van der Waals surface area contributed by atoms with Crippen molar-refractivity contribution in [3.63, 3.8) is 0 Å². The Morgan fingerprint density at radius 2 is 2.14 bits per heavy atom. The van der Waals surface area contributed by atoms with Crippen LogP contribution < -0.4 is 10.6 Å². The first kappa shape index (κ1) is 14.5. The van der Waals surface area contributed by atoms with Gasteiger partial charge >= 0.3 is 0 Å². The van der Waals surface area contributed by atoms with Gasteiger partial charge in [0, 0.05) is 17.5 Å². The molecule has 1 aliphatic rings. The molecule has 1 aliphatic heterocycles. The molecular formula is C16H21N3OS. The van der Waals surface area contributed by atoms with Gasteiger partial charge in [-0.15, -0.1) is 11.3 Å². The Kier molecular flexibility index (Phi) is 4.22. The van der Waals surface area contributed by atoms with Crippen LogP contribution in [-0.4, -0.2) is 30.0 Å². The van der Waals surface area contributed by atoms with Gasteiger partial charge in [-0.25, -0.2) is 4.98 Å². The van der Waals surface area contributed by atoms with E-state index in [4.69, 9.17) is 4.98 Å². The molecule has 0 bridgehead atoms. The summed E-state index contributed by atoms with van der Waals surface area (Å²) in [5.41, 5.74) is 1.73. The number of carbonyl (C=O) groups excluding carboxylic acids is 1. The van der Waals surface area contributed by atoms with E-state index >= 15 is 0 Å². The van der Waals surface area contributed by atoms with E-state index in [0.29, 0.717) is 5.92 Å². The average Bonchev–Trinajstić information content (AvgIpc) is 2.90. The van der Waals surface area contributed by atoms with Crippen LogP contribution in [0.15, 0.2) is 18.2 Å². The zero-order valence-corrected chi connectivity index (χ0v) is 13.3. The van der Waals surface area contributed by atoms with E-state index in [1.54, 1.807) is 11.3 Å². The van der Waals surface area contributed by atoms with Crippen molar-refractivity contribution in [2.24, 2.45) is 0 Å². The molecule has 1 fully saturated rings. The maximum Gasteiger partial charge on any atom is 0.251 e. The zero-order valence-electron chi connectivity index (χ0n) is 12.5. The number of hydrogen-bond acceptors (Lipinski definition) is 4. The number of benzene rings is 1. The normalized spacial score (nSPS) is 16.5. The molecule has 0 radical (unpaired) electrons. The summed E-state index contributed by atoms with van der Waals surface area (Å²) >= 11 is 1.74. The standard InChI is InChI=1S/C16H21N3OS/c1-10(2)18-15(20)12-3-4-13-14(9-12)21-16(19-13)11-5-7-17-8-6-11/h3-4,9-11,17H,5-8H2,1-2H3,(H,18,20). The van der Waals surface area contributed by atoms with Crippen LogP contribution in [0.25, 0.3) is 10.2 Å². The van der Waals surface area contributed by atoms with Crippen LogP contribution >= 0.6 is 11.3 Å². The van der Waals surface area contributed by atoms with Gasteiger partial charge in [-0.3, -0.25) is 4.79 Å². The third-order valence-corrected chi connectivity index (χ3v) is 4.96. The van der Waals surface area contributed by atoms with Crippen molar-refractivity contribution in [3.05, 3.63) is 28.8 Å². The Hall–Kier alpha value is -1.46. The summed E-state index contributed by atoms with van der Waals surface area (Å²) in [6.07, 6.45) is 2.31. The summed E-state index contributed by atoms with van der Waals surface area (Å²) < 4.78 is 1.11. The summed E-state index contributed by atoms with van der Waals surface area (Å²) in [5, 5.41) is 7.53. The van der Waals surface area contributed by atoms with Crippen LogP contribution in [0.3, 0.4) is 0 Å². The largest absolute Gasteiger partial charge is 0.350 e. The van der Waals surface area contributed by atoms with Crippen LogP contribution in [0.1, 0.15) is 48.0 Å². The fraction of sp³-hybridized carbons (Fsp3) is 0.500. The van der Waals surface area contributed by atoms with E-state index < -0.39 is 0 Å². The highest BCUT2D eigenvalue weighted by Gasteiger charge is 2.19. The quantitative estimate of drug-likeness (QED) is 0.916. The molecule has 4 nitrogen and oxygen atoms in total. The third-order valence-electron chi connectivity index (χ3n) is 3.78. The molecule has 1 saturated heterocycles. The van der Waals surface area contributed by atoms with Gasteiger partial charge in [0.2, 0.25) is 0 Å². The van der Waals surface area contributed by atoms with Gasteiger partial charge in [0.1, 0.15) is 0 Å². The average molecular weight is 303 g/mol. The van der Waals surface area contributed by atoms with Crippen molar-refractivity contribution >= 4 is 27.5 Å². The third kappa shape index (κ3) is 3.24. The zero-order chi connectivity index (χ0) is 14.8. The minimum absolute atomic E-state index is 0.0104. The molecule has 1 aromatic heterocycles. The van der Waals surface area contributed by atoms with E-state index in [-0.39, 0.29) is 11.9 Å². The second-order valence-electron chi connectivity index (χ2n) is 5.89. The molecule has 0 aliphatic carbocycles. The van der Waals surface area contributed by atoms with Crippen LogP contribution in [0.4, 0.5) is 0 Å². The summed E-state index contributed by atoms with van der Waals surface area (Å²) in [6, 6.07) is 5.95. The Morgan fingerprint density at radius 3 is 2.86 bits per heavy atom. The number of aromatic nitrogens is 1. The van der Waals surface area contributed by atoms with Gasteiger partial charge in [0.25, 0.3) is 5.91 Å². The van der Waals surface area contributed by atoms with E-state index in [0.717, 1.165) is 41.7 Å². The molecule has 0 spiro atoms. The molecule has 5 heteroatoms. The van der Waals surface area contributed by atoms with Crippen molar-refractivity contribution < 1.29 is 4.79 Å². The van der Waals surface area contributed by atoms with Gasteiger partial charge in [-0.1, -0.05) is 0 Å². The Balaban J connectivity index is 1.86. The molecule has 0 saturated carbocycles. The lowest BCUT2D eigenvalue weighted by molar-refractivity contribution is 0.0943. The fourth-order valence-corrected chi connectivity index (χ4v) is 3.85. The molecule has 2 aromatic rings. The predicted octanol–water partition coefficient (Wildman–Crippen LogP) is 2.90. The van der Waals surface area contributed by atoms with E-state index in [1.165, 1.54) is 5.01 Å². The fourth-order valence-electron chi connectivity index (χ4n) is 2.67. The number of fused-ring (bicyclic) bond motifs is 1. The van der Waals surface area contributed by atoms with Gasteiger partial charge in [-0.2, -0.15) is 0 Å². The van der Waals surface area contributed by atoms with Crippen LogP contribution in [0, 0.1) is 0 Å². The van der Waals surface area contributed by atoms with Crippen LogP contribution in [0.2, 0.25) is 0 Å². The molecule has 1 amide bonds. The SMILES string of the molecule is CC(C)NC(=O)c1ccc2nc(C3CCNCC3)sc2c1. The van der Waals surface area contributed by atoms with Crippen molar-refractivity contribution in [1.82, 2.24) is 15.6 Å². The molecule has 2 N–H and O–H groups in total. The van der Waals surface area contributed by atoms with Crippen molar-refractivity contribution in [2.75, 3.05) is 13.1 Å². The van der Waals surface area contributed by atoms with E-state index in [1.807, 2.05) is 32.0 Å². The first-order valence-corrected chi connectivity index (χ1v) is 8.37. The molecular weight excluding hydrogens is 282 g/mol. The molecule has 21 heavy (non-hydrogen) atoms. The highest BCUT2D eigenvalue weighted by molar-refractivity contribution is 7.18. The smallest absolute Gasteiger partial charge is 0.251 e. The molecule has 112 valence electrons. The summed E-state index contributed by atoms with van der Waals surface area (Å²) in [6.45, 7) is 6.09. The van der Waals surface area contributed by atoms with Gasteiger partial charge in [-0.05, 0) is 58.0 Å². The number of carbonyl (C=O) groups is 1. The number of piperidine rings is 1. The summed E-state index contributed by atoms with van der Waals surface area (Å²) in [4.78, 5) is 16.8. The van der Waals surface area contributed by atoms with E-state index in [2.05, 4.69) is 10.6 Å². The van der Waals surface area contributed by atoms with Crippen LogP contribution in [-0.2, 0) is 0 Å². The first-order chi connectivity index (χ1) is 10.1. The minimum Gasteiger partial charge on any atom is -0.350 e. The topological polar surface area (TPSA) is 54.0 Å². The van der Waals surface area contributed by atoms with Gasteiger partial charge < -0.3 is 10.6 Å². The number of amides is 1. The second-order valence-corrected chi connectivity index (χ2v) is 6.95. The number of nitrogens with one attached hydrogen (secondary N) is 2. The molecule has 3 rings (SSSR count). The van der Waals surface area contributed by atoms with Gasteiger partial charge in [0.05, 0.1) is 15.2 Å². The second kappa shape index (κ2) is 6.12. The van der Waals surface area contributed by atoms with Crippen molar-refractivity contribution in [3.8, 4) is 0 Å². The minimum atomic E-state index is -0.0104. The number of thiazole rings is 1. The lowest BCUT2D eigenvalue weighted by Crippen LogP contribution is -2.29. The first-order valence-electron chi connectivity index (χ1n) is 7.55. The maximum absolute atomic E-state index is 12.1. The summed E-state index contributed by atoms with van der Waals surface area (Å²) in [5.74, 6) is 0.556. The lowest BCUT2D eigenvalue weighted by Gasteiger charge is -2.20. The monoisotopic (exact) mass is 303 g/mol. The summed E-state index contributed by atoms with van der Waals surface area (Å²) in [7, 11) is 0. The van der Waals surface area contributed by atoms with Crippen molar-refractivity contribution in [1.29, 1.82) is 0 Å². The van der Waals surface area contributed by atoms with Crippen molar-refractivity contribution in [2.45, 2.75) is 38.6 Å². The number of rotatable bonds is 3. The molecule has 0 unspecified atom stereocenters. The molecule has 1 aromatic carbocycles. The number of hydrogen-bond donors (Lipinski definition) is 2. The van der Waals surface area contributed by atoms with E-state index in [9.17, 15) is 4.79 Å². The van der Waals surface area contributed by atoms with Crippen LogP contribution in [0.5, 0.6) is 0 Å². The molecule has 2 heterocycles. The molecule has 0 atom stereocenters. The maximum atomic E-state index is 12.1. The Bertz CT molecular complexity index is 644. The van der Waals surface area contributed by atoms with Gasteiger partial charge in [0.15, 0.2) is 0 Å². The number of nitrogens with zero attached hydrogens (tertiary/aromatic N) is 1. The predicted molar refractivity (Wildman–Crippen MR) is 87.1 cm³/mol. The lowest BCUT2D eigenvalue weighted by atomic mass is 9.99. The Labute approximate surface area is 129 Å². The highest BCUT2D eigenvalue weighted by Crippen LogP contribution is 2.32. The highest BCUT2D eigenvalue weighted by atomic mass is 32.1.